The fourth-order valence-electron chi connectivity index (χ4n) is 7.79. The standard InChI is InChI=1S/C36H47ClN4O6S/c1-6-46-34(43)40(5)30-10-8-18-39(4)35(2,3)33(42)38-48(44,45)27-13-16-32-31(20-27)41(21-25-11-14-28(25)30)22-36(23-47-32)17-7-9-24-19-26(37)12-15-29(24)36/h8,10,12-13,15-16,19-20,25,28,30H,6-7,9,11,14,17-18,21-23H2,1-5H3,(H,38,42)/b10-8-/t25-,28+,30+,36-/m0/s1. The minimum atomic E-state index is -4.20. The normalized spacial score (nSPS) is 28.8. The van der Waals surface area contributed by atoms with Gasteiger partial charge in [-0.15, -0.1) is 0 Å². The molecule has 0 unspecified atom stereocenters. The van der Waals surface area contributed by atoms with E-state index in [9.17, 15) is 18.0 Å². The van der Waals surface area contributed by atoms with Gasteiger partial charge in [0.05, 0.1) is 35.4 Å². The lowest BCUT2D eigenvalue weighted by Gasteiger charge is -2.47. The number of rotatable bonds is 2. The quantitative estimate of drug-likeness (QED) is 0.417. The lowest BCUT2D eigenvalue weighted by Crippen LogP contribution is -2.54. The van der Waals surface area contributed by atoms with Crippen molar-refractivity contribution in [3.63, 3.8) is 0 Å². The van der Waals surface area contributed by atoms with Crippen LogP contribution in [0.15, 0.2) is 53.4 Å². The fourth-order valence-corrected chi connectivity index (χ4v) is 9.11. The van der Waals surface area contributed by atoms with Crippen LogP contribution >= 0.6 is 11.6 Å². The van der Waals surface area contributed by atoms with Gasteiger partial charge in [-0.3, -0.25) is 9.69 Å². The van der Waals surface area contributed by atoms with Crippen LogP contribution in [0.25, 0.3) is 0 Å². The summed E-state index contributed by atoms with van der Waals surface area (Å²) in [4.78, 5) is 32.3. The molecular weight excluding hydrogens is 652 g/mol. The minimum absolute atomic E-state index is 0.00509. The number of likely N-dealkylation sites (N-methyl/N-ethyl adjacent to an activating group) is 2. The molecule has 1 saturated carbocycles. The number of carbonyl (C=O) groups excluding carboxylic acids is 2. The molecule has 2 aromatic carbocycles. The largest absolute Gasteiger partial charge is 0.490 e. The molecule has 10 nitrogen and oxygen atoms in total. The zero-order valence-corrected chi connectivity index (χ0v) is 30.1. The maximum Gasteiger partial charge on any atom is 0.409 e. The molecule has 6 rings (SSSR count). The van der Waals surface area contributed by atoms with Crippen LogP contribution in [0.4, 0.5) is 10.5 Å². The summed E-state index contributed by atoms with van der Waals surface area (Å²) in [7, 11) is -0.634. The second-order valence-electron chi connectivity index (χ2n) is 14.3. The Balaban J connectivity index is 1.46. The van der Waals surface area contributed by atoms with E-state index in [4.69, 9.17) is 21.1 Å². The number of nitrogens with zero attached hydrogens (tertiary/aromatic N) is 3. The molecule has 12 heteroatoms. The second-order valence-corrected chi connectivity index (χ2v) is 16.5. The monoisotopic (exact) mass is 698 g/mol. The molecule has 1 spiro atoms. The van der Waals surface area contributed by atoms with Crippen molar-refractivity contribution in [3.05, 3.63) is 64.7 Å². The number of sulfonamides is 1. The van der Waals surface area contributed by atoms with E-state index in [0.29, 0.717) is 42.7 Å². The Bertz CT molecular complexity index is 1710. The number of amides is 2. The van der Waals surface area contributed by atoms with Gasteiger partial charge in [-0.25, -0.2) is 17.9 Å². The summed E-state index contributed by atoms with van der Waals surface area (Å²) < 4.78 is 41.8. The topological polar surface area (TPSA) is 108 Å². The highest BCUT2D eigenvalue weighted by Crippen LogP contribution is 2.47. The molecule has 1 fully saturated rings. The molecule has 0 radical (unpaired) electrons. The maximum atomic E-state index is 13.7. The molecule has 2 aliphatic carbocycles. The molecular formula is C36H47ClN4O6S. The number of hydrogen-bond donors (Lipinski definition) is 1. The number of aryl methyl sites for hydroxylation is 1. The van der Waals surface area contributed by atoms with Crippen LogP contribution in [0.3, 0.4) is 0 Å². The Kier molecular flexibility index (Phi) is 9.52. The van der Waals surface area contributed by atoms with E-state index in [-0.39, 0.29) is 40.9 Å². The molecule has 0 aromatic heterocycles. The van der Waals surface area contributed by atoms with Crippen molar-refractivity contribution in [1.29, 1.82) is 0 Å². The molecule has 260 valence electrons. The first-order valence-electron chi connectivity index (χ1n) is 16.9. The second kappa shape index (κ2) is 13.2. The van der Waals surface area contributed by atoms with E-state index in [1.165, 1.54) is 17.2 Å². The number of hydrogen-bond acceptors (Lipinski definition) is 8. The Labute approximate surface area is 289 Å². The lowest BCUT2D eigenvalue weighted by atomic mass is 9.67. The molecule has 2 aliphatic heterocycles. The first-order valence-corrected chi connectivity index (χ1v) is 18.8. The van der Waals surface area contributed by atoms with E-state index in [1.54, 1.807) is 56.8 Å². The average molecular weight is 699 g/mol. The van der Waals surface area contributed by atoms with Gasteiger partial charge in [0.2, 0.25) is 0 Å². The molecule has 48 heavy (non-hydrogen) atoms. The van der Waals surface area contributed by atoms with Crippen molar-refractivity contribution < 1.29 is 27.5 Å². The highest BCUT2D eigenvalue weighted by molar-refractivity contribution is 7.90. The third-order valence-electron chi connectivity index (χ3n) is 11.1. The smallest absolute Gasteiger partial charge is 0.409 e. The van der Waals surface area contributed by atoms with E-state index in [0.717, 1.165) is 32.1 Å². The SMILES string of the molecule is CCOC(=O)N(C)[C@@H]1/C=C\CN(C)C(C)(C)C(=O)NS(=O)(=O)c2ccc3c(c2)N(C[C@@H]2CC[C@H]21)C[C@@]1(CCCc2cc(Cl)ccc21)CO3. The summed E-state index contributed by atoms with van der Waals surface area (Å²) in [6.07, 6.45) is 8.38. The fraction of sp³-hybridized carbons (Fsp3) is 0.556. The predicted octanol–water partition coefficient (Wildman–Crippen LogP) is 5.38. The third kappa shape index (κ3) is 6.41. The summed E-state index contributed by atoms with van der Waals surface area (Å²) in [6, 6.07) is 10.8. The number of halogens is 1. The highest BCUT2D eigenvalue weighted by Gasteiger charge is 2.45. The average Bonchev–Trinajstić information content (AvgIpc) is 3.18. The molecule has 4 aliphatic rings. The number of ether oxygens (including phenoxy) is 2. The van der Waals surface area contributed by atoms with Crippen LogP contribution in [0, 0.1) is 11.8 Å². The van der Waals surface area contributed by atoms with Crippen molar-refractivity contribution in [2.24, 2.45) is 11.8 Å². The third-order valence-corrected chi connectivity index (χ3v) is 12.7. The number of benzene rings is 2. The summed E-state index contributed by atoms with van der Waals surface area (Å²) in [5.74, 6) is 0.340. The summed E-state index contributed by atoms with van der Waals surface area (Å²) in [6.45, 7) is 7.56. The molecule has 1 N–H and O–H groups in total. The van der Waals surface area contributed by atoms with Crippen molar-refractivity contribution in [3.8, 4) is 5.75 Å². The predicted molar refractivity (Wildman–Crippen MR) is 186 cm³/mol. The minimum Gasteiger partial charge on any atom is -0.490 e. The molecule has 0 saturated heterocycles. The summed E-state index contributed by atoms with van der Waals surface area (Å²) in [5.41, 5.74) is 1.64. The van der Waals surface area contributed by atoms with Gasteiger partial charge in [-0.1, -0.05) is 29.8 Å². The van der Waals surface area contributed by atoms with Gasteiger partial charge >= 0.3 is 6.09 Å². The summed E-state index contributed by atoms with van der Waals surface area (Å²) in [5, 5.41) is 0.710. The Morgan fingerprint density at radius 1 is 1.19 bits per heavy atom. The van der Waals surface area contributed by atoms with Crippen LogP contribution in [0.1, 0.15) is 57.6 Å². The first kappa shape index (κ1) is 34.6. The van der Waals surface area contributed by atoms with E-state index < -0.39 is 21.5 Å². The zero-order chi connectivity index (χ0) is 34.4. The Hall–Kier alpha value is -3.28. The zero-order valence-electron chi connectivity index (χ0n) is 28.5. The Morgan fingerprint density at radius 3 is 2.71 bits per heavy atom. The number of carbonyl (C=O) groups is 2. The van der Waals surface area contributed by atoms with Gasteiger partial charge in [0.25, 0.3) is 15.9 Å². The maximum absolute atomic E-state index is 13.7. The van der Waals surface area contributed by atoms with Crippen LogP contribution in [0.2, 0.25) is 5.02 Å². The molecule has 2 amide bonds. The van der Waals surface area contributed by atoms with Crippen molar-refractivity contribution >= 4 is 39.3 Å². The first-order chi connectivity index (χ1) is 22.8. The van der Waals surface area contributed by atoms with Gasteiger partial charge in [0.1, 0.15) is 5.75 Å². The molecule has 2 heterocycles. The van der Waals surface area contributed by atoms with Gasteiger partial charge in [0, 0.05) is 37.1 Å². The van der Waals surface area contributed by atoms with Gasteiger partial charge < -0.3 is 19.3 Å². The van der Waals surface area contributed by atoms with Crippen LogP contribution in [0.5, 0.6) is 5.75 Å². The molecule has 2 aromatic rings. The van der Waals surface area contributed by atoms with Crippen molar-refractivity contribution in [2.75, 3.05) is 51.8 Å². The van der Waals surface area contributed by atoms with Gasteiger partial charge in [-0.2, -0.15) is 0 Å². The van der Waals surface area contributed by atoms with E-state index >= 15 is 0 Å². The van der Waals surface area contributed by atoms with Crippen LogP contribution in [-0.4, -0.2) is 88.7 Å². The highest BCUT2D eigenvalue weighted by atomic mass is 35.5. The van der Waals surface area contributed by atoms with Crippen molar-refractivity contribution in [2.45, 2.75) is 74.8 Å². The van der Waals surface area contributed by atoms with E-state index in [1.807, 2.05) is 18.2 Å². The number of nitrogens with one attached hydrogen (secondary N) is 1. The summed E-state index contributed by atoms with van der Waals surface area (Å²) >= 11 is 6.43. The Morgan fingerprint density at radius 2 is 1.98 bits per heavy atom. The van der Waals surface area contributed by atoms with Crippen LogP contribution in [-0.2, 0) is 31.4 Å². The van der Waals surface area contributed by atoms with Crippen molar-refractivity contribution in [1.82, 2.24) is 14.5 Å². The van der Waals surface area contributed by atoms with E-state index in [2.05, 4.69) is 21.8 Å². The lowest BCUT2D eigenvalue weighted by molar-refractivity contribution is -0.128. The molecule has 2 bridgehead atoms. The number of anilines is 1. The van der Waals surface area contributed by atoms with Gasteiger partial charge in [-0.05, 0) is 113 Å². The van der Waals surface area contributed by atoms with Gasteiger partial charge in [0.15, 0.2) is 0 Å². The molecule has 4 atom stereocenters. The number of fused-ring (bicyclic) bond motifs is 4. The van der Waals surface area contributed by atoms with Crippen LogP contribution < -0.4 is 14.4 Å².